The van der Waals surface area contributed by atoms with Gasteiger partial charge in [-0.15, -0.1) is 11.3 Å². The Kier molecular flexibility index (Phi) is 4.19. The van der Waals surface area contributed by atoms with Crippen LogP contribution in [-0.2, 0) is 19.9 Å². The van der Waals surface area contributed by atoms with Crippen LogP contribution in [0.4, 0.5) is 0 Å². The number of nitrogens with one attached hydrogen (secondary N) is 1. The quantitative estimate of drug-likeness (QED) is 0.815. The highest BCUT2D eigenvalue weighted by Crippen LogP contribution is 2.21. The molecule has 0 aliphatic carbocycles. The van der Waals surface area contributed by atoms with Crippen molar-refractivity contribution in [1.29, 1.82) is 0 Å². The fourth-order valence-corrected chi connectivity index (χ4v) is 5.77. The number of carboxylic acids is 1. The second kappa shape index (κ2) is 5.43. The molecule has 0 atom stereocenters. The van der Waals surface area contributed by atoms with E-state index < -0.39 is 31.9 Å². The first kappa shape index (κ1) is 15.4. The highest BCUT2D eigenvalue weighted by Gasteiger charge is 2.28. The molecule has 0 aromatic carbocycles. The van der Waals surface area contributed by atoms with E-state index in [4.69, 9.17) is 5.11 Å². The number of carbonyl (C=O) groups is 1. The minimum atomic E-state index is -3.81. The summed E-state index contributed by atoms with van der Waals surface area (Å²) in [7, 11) is -6.86. The third-order valence-corrected chi connectivity index (χ3v) is 7.26. The Bertz CT molecular complexity index is 704. The van der Waals surface area contributed by atoms with Crippen LogP contribution in [0.1, 0.15) is 22.5 Å². The topological polar surface area (TPSA) is 118 Å². The molecule has 0 bridgehead atoms. The molecule has 0 amide bonds. The second-order valence-electron chi connectivity index (χ2n) is 4.50. The Labute approximate surface area is 120 Å². The zero-order valence-corrected chi connectivity index (χ0v) is 12.7. The third-order valence-electron chi connectivity index (χ3n) is 2.97. The van der Waals surface area contributed by atoms with Crippen molar-refractivity contribution in [3.05, 3.63) is 16.3 Å². The summed E-state index contributed by atoms with van der Waals surface area (Å²) in [4.78, 5) is 10.6. The van der Waals surface area contributed by atoms with Crippen LogP contribution in [0, 0.1) is 0 Å². The van der Waals surface area contributed by atoms with Crippen LogP contribution in [0.25, 0.3) is 0 Å². The van der Waals surface area contributed by atoms with Gasteiger partial charge in [-0.05, 0) is 18.9 Å². The highest BCUT2D eigenvalue weighted by molar-refractivity contribution is 7.91. The Hall–Kier alpha value is -0.970. The summed E-state index contributed by atoms with van der Waals surface area (Å²) in [5, 5.41) is 10.0. The van der Waals surface area contributed by atoms with Crippen molar-refractivity contribution in [2.24, 2.45) is 0 Å². The van der Waals surface area contributed by atoms with E-state index in [1.807, 2.05) is 0 Å². The predicted octanol–water partition coefficient (Wildman–Crippen LogP) is 0.302. The lowest BCUT2D eigenvalue weighted by Gasteiger charge is -2.22. The lowest BCUT2D eigenvalue weighted by Crippen LogP contribution is -2.40. The van der Waals surface area contributed by atoms with Gasteiger partial charge in [0.25, 0.3) is 0 Å². The summed E-state index contributed by atoms with van der Waals surface area (Å²) in [5.74, 6) is -1.26. The van der Waals surface area contributed by atoms with Crippen molar-refractivity contribution in [2.45, 2.75) is 23.8 Å². The number of thiophene rings is 1. The first-order valence-electron chi connectivity index (χ1n) is 5.74. The van der Waals surface area contributed by atoms with E-state index in [0.29, 0.717) is 0 Å². The molecule has 1 aromatic rings. The van der Waals surface area contributed by atoms with Gasteiger partial charge in [0, 0.05) is 11.4 Å². The average molecular weight is 339 g/mol. The van der Waals surface area contributed by atoms with Crippen LogP contribution in [0.5, 0.6) is 0 Å². The third kappa shape index (κ3) is 3.57. The Morgan fingerprint density at radius 1 is 1.35 bits per heavy atom. The van der Waals surface area contributed by atoms with Crippen LogP contribution < -0.4 is 4.72 Å². The average Bonchev–Trinajstić information content (AvgIpc) is 2.82. The van der Waals surface area contributed by atoms with Gasteiger partial charge in [0.2, 0.25) is 10.0 Å². The van der Waals surface area contributed by atoms with E-state index in [9.17, 15) is 21.6 Å². The smallest absolute Gasteiger partial charge is 0.345 e. The van der Waals surface area contributed by atoms with Crippen molar-refractivity contribution in [3.63, 3.8) is 0 Å². The first-order chi connectivity index (χ1) is 9.20. The molecule has 2 rings (SSSR count). The lowest BCUT2D eigenvalue weighted by molar-refractivity contribution is 0.0702. The summed E-state index contributed by atoms with van der Waals surface area (Å²) in [5.41, 5.74) is 0. The largest absolute Gasteiger partial charge is 0.477 e. The molecule has 1 saturated heterocycles. The van der Waals surface area contributed by atoms with Crippen molar-refractivity contribution in [3.8, 4) is 0 Å². The monoisotopic (exact) mass is 339 g/mol. The molecule has 20 heavy (non-hydrogen) atoms. The van der Waals surface area contributed by atoms with Gasteiger partial charge < -0.3 is 5.11 Å². The highest BCUT2D eigenvalue weighted by atomic mass is 32.2. The van der Waals surface area contributed by atoms with Gasteiger partial charge in [-0.25, -0.2) is 26.4 Å². The normalized spacial score (nSPS) is 19.8. The zero-order valence-electron chi connectivity index (χ0n) is 10.3. The summed E-state index contributed by atoms with van der Waals surface area (Å²) in [6, 6.07) is 0.659. The summed E-state index contributed by atoms with van der Waals surface area (Å²) < 4.78 is 49.1. The molecule has 1 aromatic heterocycles. The molecule has 7 nitrogen and oxygen atoms in total. The van der Waals surface area contributed by atoms with E-state index in [1.165, 1.54) is 5.38 Å². The van der Waals surface area contributed by atoms with Crippen LogP contribution in [0.3, 0.4) is 0 Å². The van der Waals surface area contributed by atoms with E-state index >= 15 is 0 Å². The molecule has 2 heterocycles. The van der Waals surface area contributed by atoms with E-state index in [-0.39, 0.29) is 34.1 Å². The van der Waals surface area contributed by atoms with Crippen LogP contribution >= 0.6 is 11.3 Å². The Balaban J connectivity index is 2.09. The number of carboxylic acid groups (broad SMARTS) is 1. The predicted molar refractivity (Wildman–Crippen MR) is 73.3 cm³/mol. The van der Waals surface area contributed by atoms with Gasteiger partial charge in [-0.3, -0.25) is 0 Å². The van der Waals surface area contributed by atoms with Gasteiger partial charge >= 0.3 is 5.97 Å². The SMILES string of the molecule is O=C(O)c1cc(S(=O)(=O)NC2CCS(=O)(=O)CC2)cs1. The molecule has 1 aliphatic rings. The maximum absolute atomic E-state index is 12.1. The number of hydrogen-bond donors (Lipinski definition) is 2. The first-order valence-corrected chi connectivity index (χ1v) is 9.93. The standard InChI is InChI=1S/C10H13NO6S3/c12-10(13)9-5-8(6-18-9)20(16,17)11-7-1-3-19(14,15)4-2-7/h5-7,11H,1-4H2,(H,12,13). The van der Waals surface area contributed by atoms with Crippen molar-refractivity contribution in [2.75, 3.05) is 11.5 Å². The van der Waals surface area contributed by atoms with Crippen LogP contribution in [0.15, 0.2) is 16.3 Å². The molecular formula is C10H13NO6S3. The summed E-state index contributed by atoms with van der Waals surface area (Å²) >= 11 is 0.832. The van der Waals surface area contributed by atoms with Gasteiger partial charge in [0.1, 0.15) is 14.7 Å². The Morgan fingerprint density at radius 2 is 1.95 bits per heavy atom. The molecule has 2 N–H and O–H groups in total. The number of sulfone groups is 1. The molecule has 0 saturated carbocycles. The molecular weight excluding hydrogens is 326 g/mol. The van der Waals surface area contributed by atoms with Crippen molar-refractivity contribution < 1.29 is 26.7 Å². The van der Waals surface area contributed by atoms with Gasteiger partial charge in [-0.1, -0.05) is 0 Å². The minimum Gasteiger partial charge on any atom is -0.477 e. The number of aromatic carboxylic acids is 1. The molecule has 1 fully saturated rings. The molecule has 112 valence electrons. The van der Waals surface area contributed by atoms with Crippen LogP contribution in [-0.4, -0.2) is 45.5 Å². The molecule has 0 radical (unpaired) electrons. The zero-order chi connectivity index (χ0) is 15.0. The number of sulfonamides is 1. The molecule has 0 unspecified atom stereocenters. The maximum Gasteiger partial charge on any atom is 0.345 e. The van der Waals surface area contributed by atoms with E-state index in [2.05, 4.69) is 4.72 Å². The van der Waals surface area contributed by atoms with Gasteiger partial charge in [0.15, 0.2) is 0 Å². The minimum absolute atomic E-state index is 0.0375. The van der Waals surface area contributed by atoms with E-state index in [1.54, 1.807) is 0 Å². The molecule has 1 aliphatic heterocycles. The number of rotatable bonds is 4. The van der Waals surface area contributed by atoms with Crippen molar-refractivity contribution in [1.82, 2.24) is 4.72 Å². The van der Waals surface area contributed by atoms with Gasteiger partial charge in [-0.2, -0.15) is 0 Å². The lowest BCUT2D eigenvalue weighted by atomic mass is 10.2. The second-order valence-corrected chi connectivity index (χ2v) is 9.43. The van der Waals surface area contributed by atoms with Crippen LogP contribution in [0.2, 0.25) is 0 Å². The Morgan fingerprint density at radius 3 is 2.45 bits per heavy atom. The fourth-order valence-electron chi connectivity index (χ4n) is 1.87. The molecule has 0 spiro atoms. The summed E-state index contributed by atoms with van der Waals surface area (Å²) in [6.45, 7) is 0. The maximum atomic E-state index is 12.1. The van der Waals surface area contributed by atoms with Crippen molar-refractivity contribution >= 4 is 37.2 Å². The molecule has 10 heteroatoms. The summed E-state index contributed by atoms with van der Waals surface area (Å²) in [6.07, 6.45) is 0.467. The fraction of sp³-hybridized carbons (Fsp3) is 0.500. The van der Waals surface area contributed by atoms with Gasteiger partial charge in [0.05, 0.1) is 16.4 Å². The van der Waals surface area contributed by atoms with E-state index in [0.717, 1.165) is 17.4 Å². The number of hydrogen-bond acceptors (Lipinski definition) is 6.